The first kappa shape index (κ1) is 20.9. The van der Waals surface area contributed by atoms with E-state index in [1.165, 1.54) is 5.56 Å². The van der Waals surface area contributed by atoms with Gasteiger partial charge in [0.2, 0.25) is 15.9 Å². The summed E-state index contributed by atoms with van der Waals surface area (Å²) in [5.74, 6) is -0.144. The van der Waals surface area contributed by atoms with Crippen LogP contribution < -0.4 is 10.2 Å². The van der Waals surface area contributed by atoms with E-state index in [4.69, 9.17) is 0 Å². The minimum atomic E-state index is -3.54. The Morgan fingerprint density at radius 2 is 1.83 bits per heavy atom. The van der Waals surface area contributed by atoms with Crippen LogP contribution in [-0.4, -0.2) is 44.3 Å². The standard InChI is InChI=1S/C23H29N3O3S/c1-17-10-11-20(30(28,29)25-12-6-3-7-13-25)15-21(17)24-23(27)16-26-18(2)14-19-8-4-5-9-22(19)26/h4-5,8-11,15,18H,3,6-7,12-14,16H2,1-2H3,(H,24,27). The molecular formula is C23H29N3O3S. The average Bonchev–Trinajstić information content (AvgIpc) is 3.05. The van der Waals surface area contributed by atoms with Gasteiger partial charge in [0.05, 0.1) is 11.4 Å². The summed E-state index contributed by atoms with van der Waals surface area (Å²) < 4.78 is 27.6. The van der Waals surface area contributed by atoms with Crippen LogP contribution in [0.2, 0.25) is 0 Å². The second-order valence-electron chi connectivity index (χ2n) is 8.30. The number of amides is 1. The highest BCUT2D eigenvalue weighted by atomic mass is 32.2. The third-order valence-corrected chi connectivity index (χ3v) is 7.99. The zero-order chi connectivity index (χ0) is 21.3. The Morgan fingerprint density at radius 1 is 1.10 bits per heavy atom. The molecule has 6 nitrogen and oxygen atoms in total. The number of anilines is 2. The maximum absolute atomic E-state index is 13.0. The summed E-state index contributed by atoms with van der Waals surface area (Å²) in [5.41, 5.74) is 3.75. The topological polar surface area (TPSA) is 69.7 Å². The molecule has 2 aliphatic rings. The van der Waals surface area contributed by atoms with Crippen LogP contribution in [0.3, 0.4) is 0 Å². The van der Waals surface area contributed by atoms with E-state index in [0.29, 0.717) is 18.8 Å². The number of hydrogen-bond donors (Lipinski definition) is 1. The van der Waals surface area contributed by atoms with Gasteiger partial charge in [-0.15, -0.1) is 0 Å². The Kier molecular flexibility index (Phi) is 5.84. The number of hydrogen-bond acceptors (Lipinski definition) is 4. The SMILES string of the molecule is Cc1ccc(S(=O)(=O)N2CCCCC2)cc1NC(=O)CN1c2ccccc2CC1C. The van der Waals surface area contributed by atoms with Crippen molar-refractivity contribution in [1.29, 1.82) is 0 Å². The molecule has 30 heavy (non-hydrogen) atoms. The molecule has 2 heterocycles. The quantitative estimate of drug-likeness (QED) is 0.792. The molecule has 1 saturated heterocycles. The number of sulfonamides is 1. The van der Waals surface area contributed by atoms with E-state index in [1.807, 2.05) is 25.1 Å². The maximum Gasteiger partial charge on any atom is 0.243 e. The Bertz CT molecular complexity index is 1050. The van der Waals surface area contributed by atoms with Gasteiger partial charge >= 0.3 is 0 Å². The third-order valence-electron chi connectivity index (χ3n) is 6.10. The van der Waals surface area contributed by atoms with Gasteiger partial charge in [0, 0.05) is 30.5 Å². The fraction of sp³-hybridized carbons (Fsp3) is 0.435. The van der Waals surface area contributed by atoms with Crippen LogP contribution in [0, 0.1) is 6.92 Å². The van der Waals surface area contributed by atoms with Gasteiger partial charge in [-0.3, -0.25) is 4.79 Å². The number of nitrogens with one attached hydrogen (secondary N) is 1. The van der Waals surface area contributed by atoms with Gasteiger partial charge in [-0.1, -0.05) is 30.7 Å². The second kappa shape index (κ2) is 8.40. The highest BCUT2D eigenvalue weighted by Crippen LogP contribution is 2.31. The van der Waals surface area contributed by atoms with E-state index in [9.17, 15) is 13.2 Å². The minimum Gasteiger partial charge on any atom is -0.359 e. The van der Waals surface area contributed by atoms with E-state index in [1.54, 1.807) is 22.5 Å². The minimum absolute atomic E-state index is 0.144. The van der Waals surface area contributed by atoms with Gasteiger partial charge in [0.1, 0.15) is 0 Å². The molecule has 2 aliphatic heterocycles. The molecule has 0 aliphatic carbocycles. The zero-order valence-electron chi connectivity index (χ0n) is 17.6. The molecule has 0 aromatic heterocycles. The molecule has 2 aromatic rings. The molecule has 2 aromatic carbocycles. The van der Waals surface area contributed by atoms with Crippen LogP contribution in [0.4, 0.5) is 11.4 Å². The fourth-order valence-corrected chi connectivity index (χ4v) is 5.91. The number of nitrogens with zero attached hydrogens (tertiary/aromatic N) is 2. The van der Waals surface area contributed by atoms with Crippen molar-refractivity contribution >= 4 is 27.3 Å². The van der Waals surface area contributed by atoms with Crippen LogP contribution in [-0.2, 0) is 21.2 Å². The number of benzene rings is 2. The number of para-hydroxylation sites is 1. The number of carbonyl (C=O) groups is 1. The first-order chi connectivity index (χ1) is 14.4. The molecule has 1 atom stereocenters. The molecule has 160 valence electrons. The molecule has 1 fully saturated rings. The monoisotopic (exact) mass is 427 g/mol. The molecule has 0 bridgehead atoms. The Hall–Kier alpha value is -2.38. The molecule has 4 rings (SSSR count). The lowest BCUT2D eigenvalue weighted by Crippen LogP contribution is -2.37. The molecule has 1 amide bonds. The lowest BCUT2D eigenvalue weighted by atomic mass is 10.1. The molecule has 0 radical (unpaired) electrons. The van der Waals surface area contributed by atoms with Crippen molar-refractivity contribution < 1.29 is 13.2 Å². The van der Waals surface area contributed by atoms with Crippen molar-refractivity contribution in [3.05, 3.63) is 53.6 Å². The summed E-state index contributed by atoms with van der Waals surface area (Å²) in [4.78, 5) is 15.2. The Balaban J connectivity index is 1.51. The van der Waals surface area contributed by atoms with E-state index >= 15 is 0 Å². The van der Waals surface area contributed by atoms with E-state index < -0.39 is 10.0 Å². The molecule has 7 heteroatoms. The van der Waals surface area contributed by atoms with Crippen molar-refractivity contribution in [1.82, 2.24) is 4.31 Å². The lowest BCUT2D eigenvalue weighted by Gasteiger charge is -2.26. The largest absolute Gasteiger partial charge is 0.359 e. The van der Waals surface area contributed by atoms with Crippen LogP contribution >= 0.6 is 0 Å². The summed E-state index contributed by atoms with van der Waals surface area (Å²) in [7, 11) is -3.54. The van der Waals surface area contributed by atoms with Crippen molar-refractivity contribution in [3.8, 4) is 0 Å². The smallest absolute Gasteiger partial charge is 0.243 e. The lowest BCUT2D eigenvalue weighted by molar-refractivity contribution is -0.115. The summed E-state index contributed by atoms with van der Waals surface area (Å²) in [6.07, 6.45) is 3.78. The van der Waals surface area contributed by atoms with Crippen molar-refractivity contribution in [2.45, 2.75) is 50.5 Å². The van der Waals surface area contributed by atoms with Gasteiger partial charge in [-0.05, 0) is 62.4 Å². The maximum atomic E-state index is 13.0. The predicted molar refractivity (Wildman–Crippen MR) is 119 cm³/mol. The normalized spacial score (nSPS) is 19.5. The van der Waals surface area contributed by atoms with Crippen LogP contribution in [0.25, 0.3) is 0 Å². The summed E-state index contributed by atoms with van der Waals surface area (Å²) in [5, 5.41) is 2.94. The zero-order valence-corrected chi connectivity index (χ0v) is 18.4. The van der Waals surface area contributed by atoms with E-state index in [2.05, 4.69) is 23.2 Å². The number of carbonyl (C=O) groups excluding carboxylic acids is 1. The van der Waals surface area contributed by atoms with Crippen LogP contribution in [0.1, 0.15) is 37.3 Å². The van der Waals surface area contributed by atoms with Crippen molar-refractivity contribution in [3.63, 3.8) is 0 Å². The third kappa shape index (κ3) is 4.09. The summed E-state index contributed by atoms with van der Waals surface area (Å²) >= 11 is 0. The number of aryl methyl sites for hydroxylation is 1. The number of piperidine rings is 1. The van der Waals surface area contributed by atoms with Crippen molar-refractivity contribution in [2.75, 3.05) is 29.9 Å². The Morgan fingerprint density at radius 3 is 2.60 bits per heavy atom. The molecule has 0 spiro atoms. The average molecular weight is 428 g/mol. The van der Waals surface area contributed by atoms with Crippen LogP contribution in [0.15, 0.2) is 47.4 Å². The fourth-order valence-electron chi connectivity index (χ4n) is 4.37. The molecule has 1 N–H and O–H groups in total. The van der Waals surface area contributed by atoms with Gasteiger partial charge in [0.25, 0.3) is 0 Å². The van der Waals surface area contributed by atoms with Crippen molar-refractivity contribution in [2.24, 2.45) is 0 Å². The van der Waals surface area contributed by atoms with Gasteiger partial charge in [0.15, 0.2) is 0 Å². The van der Waals surface area contributed by atoms with Gasteiger partial charge in [-0.25, -0.2) is 8.42 Å². The van der Waals surface area contributed by atoms with Gasteiger partial charge < -0.3 is 10.2 Å². The second-order valence-corrected chi connectivity index (χ2v) is 10.2. The first-order valence-corrected chi connectivity index (χ1v) is 12.1. The number of fused-ring (bicyclic) bond motifs is 1. The first-order valence-electron chi connectivity index (χ1n) is 10.6. The summed E-state index contributed by atoms with van der Waals surface area (Å²) in [6.45, 7) is 5.35. The highest BCUT2D eigenvalue weighted by Gasteiger charge is 2.28. The summed E-state index contributed by atoms with van der Waals surface area (Å²) in [6, 6.07) is 13.4. The van der Waals surface area contributed by atoms with Crippen LogP contribution in [0.5, 0.6) is 0 Å². The number of rotatable bonds is 5. The molecule has 0 saturated carbocycles. The van der Waals surface area contributed by atoms with E-state index in [0.717, 1.165) is 36.9 Å². The van der Waals surface area contributed by atoms with E-state index in [-0.39, 0.29) is 23.4 Å². The highest BCUT2D eigenvalue weighted by molar-refractivity contribution is 7.89. The molecular weight excluding hydrogens is 398 g/mol. The Labute approximate surface area is 178 Å². The predicted octanol–water partition coefficient (Wildman–Crippen LogP) is 3.56. The molecule has 1 unspecified atom stereocenters. The van der Waals surface area contributed by atoms with Gasteiger partial charge in [-0.2, -0.15) is 4.31 Å².